The fraction of sp³-hybridized carbons (Fsp3) is 0.250. The maximum absolute atomic E-state index is 13.2. The Kier molecular flexibility index (Phi) is 7.50. The summed E-state index contributed by atoms with van der Waals surface area (Å²) in [6.07, 6.45) is 0.960. The standard InChI is InChI=1S/C28H31N3O3/c1-4-33-24-17-22-23(18-25(24)34-5-2)31-28(32)26(22)27(20-9-7-6-8-10-20)30-21-13-11-19(12-14-21)15-16-29-3/h6-14,17-18,29-30H,4-5,15-16H2,1-3H3,(H,31,32). The highest BCUT2D eigenvalue weighted by Crippen LogP contribution is 2.43. The Balaban J connectivity index is 1.80. The van der Waals surface area contributed by atoms with Crippen LogP contribution in [-0.4, -0.2) is 32.7 Å². The highest BCUT2D eigenvalue weighted by atomic mass is 16.5. The van der Waals surface area contributed by atoms with Gasteiger partial charge in [0.25, 0.3) is 5.91 Å². The molecule has 0 fully saturated rings. The monoisotopic (exact) mass is 457 g/mol. The molecule has 176 valence electrons. The number of nitrogens with one attached hydrogen (secondary N) is 3. The van der Waals surface area contributed by atoms with Gasteiger partial charge in [0.1, 0.15) is 0 Å². The average Bonchev–Trinajstić information content (AvgIpc) is 3.17. The van der Waals surface area contributed by atoms with Gasteiger partial charge in [0.05, 0.1) is 30.2 Å². The molecule has 0 bridgehead atoms. The predicted molar refractivity (Wildman–Crippen MR) is 138 cm³/mol. The number of benzene rings is 3. The molecule has 0 radical (unpaired) electrons. The molecule has 34 heavy (non-hydrogen) atoms. The van der Waals surface area contributed by atoms with Gasteiger partial charge in [-0.15, -0.1) is 0 Å². The molecule has 1 aliphatic rings. The van der Waals surface area contributed by atoms with E-state index < -0.39 is 0 Å². The van der Waals surface area contributed by atoms with Crippen LogP contribution in [-0.2, 0) is 11.2 Å². The molecule has 3 aromatic rings. The number of rotatable bonds is 10. The Morgan fingerprint density at radius 1 is 0.912 bits per heavy atom. The number of hydrogen-bond donors (Lipinski definition) is 3. The first-order valence-corrected chi connectivity index (χ1v) is 11.7. The smallest absolute Gasteiger partial charge is 0.258 e. The van der Waals surface area contributed by atoms with Gasteiger partial charge in [-0.2, -0.15) is 0 Å². The summed E-state index contributed by atoms with van der Waals surface area (Å²) in [5.41, 5.74) is 5.90. The molecule has 6 heteroatoms. The highest BCUT2D eigenvalue weighted by Gasteiger charge is 2.30. The molecule has 0 aliphatic carbocycles. The molecule has 0 saturated heterocycles. The van der Waals surface area contributed by atoms with E-state index in [1.165, 1.54) is 5.56 Å². The Hall–Kier alpha value is -3.77. The zero-order chi connectivity index (χ0) is 23.9. The molecule has 0 spiro atoms. The zero-order valence-corrected chi connectivity index (χ0v) is 19.9. The van der Waals surface area contributed by atoms with E-state index in [0.717, 1.165) is 35.5 Å². The second-order valence-electron chi connectivity index (χ2n) is 7.96. The van der Waals surface area contributed by atoms with Gasteiger partial charge >= 0.3 is 0 Å². The van der Waals surface area contributed by atoms with Crippen LogP contribution in [0.4, 0.5) is 11.4 Å². The molecule has 3 N–H and O–H groups in total. The number of ether oxygens (including phenoxy) is 2. The molecule has 1 aliphatic heterocycles. The van der Waals surface area contributed by atoms with Crippen LogP contribution in [0.15, 0.2) is 66.7 Å². The number of anilines is 2. The molecular formula is C28H31N3O3. The minimum absolute atomic E-state index is 0.164. The van der Waals surface area contributed by atoms with Crippen LogP contribution in [0.25, 0.3) is 11.3 Å². The summed E-state index contributed by atoms with van der Waals surface area (Å²) in [4.78, 5) is 13.2. The average molecular weight is 458 g/mol. The molecule has 3 aromatic carbocycles. The molecule has 0 aromatic heterocycles. The highest BCUT2D eigenvalue weighted by molar-refractivity contribution is 6.37. The maximum Gasteiger partial charge on any atom is 0.258 e. The van der Waals surface area contributed by atoms with Crippen LogP contribution >= 0.6 is 0 Å². The molecule has 6 nitrogen and oxygen atoms in total. The lowest BCUT2D eigenvalue weighted by Crippen LogP contribution is -2.11. The minimum atomic E-state index is -0.164. The first kappa shape index (κ1) is 23.4. The SMILES string of the molecule is CCOc1cc2c(cc1OCC)C(=C(Nc1ccc(CCNC)cc1)c1ccccc1)C(=O)N2. The molecule has 0 unspecified atom stereocenters. The van der Waals surface area contributed by atoms with Gasteiger partial charge in [-0.05, 0) is 63.2 Å². The molecule has 1 amide bonds. The number of amides is 1. The van der Waals surface area contributed by atoms with Gasteiger partial charge in [0, 0.05) is 17.3 Å². The van der Waals surface area contributed by atoms with Crippen molar-refractivity contribution >= 4 is 28.6 Å². The second-order valence-corrected chi connectivity index (χ2v) is 7.96. The Morgan fingerprint density at radius 2 is 1.59 bits per heavy atom. The van der Waals surface area contributed by atoms with Crippen molar-refractivity contribution in [1.82, 2.24) is 5.32 Å². The van der Waals surface area contributed by atoms with E-state index in [9.17, 15) is 4.79 Å². The van der Waals surface area contributed by atoms with E-state index in [4.69, 9.17) is 9.47 Å². The quantitative estimate of drug-likeness (QED) is 0.366. The van der Waals surface area contributed by atoms with E-state index in [2.05, 4.69) is 28.1 Å². The topological polar surface area (TPSA) is 71.6 Å². The van der Waals surface area contributed by atoms with Crippen molar-refractivity contribution in [2.75, 3.05) is 37.4 Å². The first-order chi connectivity index (χ1) is 16.6. The van der Waals surface area contributed by atoms with Crippen LogP contribution in [0.3, 0.4) is 0 Å². The number of hydrogen-bond acceptors (Lipinski definition) is 5. The largest absolute Gasteiger partial charge is 0.490 e. The Labute approximate surface area is 201 Å². The zero-order valence-electron chi connectivity index (χ0n) is 19.9. The third kappa shape index (κ3) is 5.07. The van der Waals surface area contributed by atoms with E-state index >= 15 is 0 Å². The van der Waals surface area contributed by atoms with Gasteiger partial charge in [0.2, 0.25) is 0 Å². The van der Waals surface area contributed by atoms with E-state index in [-0.39, 0.29) is 5.91 Å². The summed E-state index contributed by atoms with van der Waals surface area (Å²) in [7, 11) is 1.95. The summed E-state index contributed by atoms with van der Waals surface area (Å²) in [5.74, 6) is 1.08. The van der Waals surface area contributed by atoms with Crippen LogP contribution in [0.2, 0.25) is 0 Å². The Morgan fingerprint density at radius 3 is 2.24 bits per heavy atom. The number of likely N-dealkylation sites (N-methyl/N-ethyl adjacent to an activating group) is 1. The van der Waals surface area contributed by atoms with Crippen molar-refractivity contribution in [1.29, 1.82) is 0 Å². The lowest BCUT2D eigenvalue weighted by molar-refractivity contribution is -0.110. The van der Waals surface area contributed by atoms with Crippen LogP contribution in [0.1, 0.15) is 30.5 Å². The Bertz CT molecular complexity index is 1170. The minimum Gasteiger partial charge on any atom is -0.490 e. The van der Waals surface area contributed by atoms with Crippen molar-refractivity contribution < 1.29 is 14.3 Å². The van der Waals surface area contributed by atoms with E-state index in [1.807, 2.05) is 75.5 Å². The third-order valence-corrected chi connectivity index (χ3v) is 5.63. The lowest BCUT2D eigenvalue weighted by atomic mass is 9.99. The van der Waals surface area contributed by atoms with Crippen molar-refractivity contribution in [2.45, 2.75) is 20.3 Å². The number of carbonyl (C=O) groups excluding carboxylic acids is 1. The van der Waals surface area contributed by atoms with Crippen LogP contribution < -0.4 is 25.4 Å². The van der Waals surface area contributed by atoms with Gasteiger partial charge in [-0.25, -0.2) is 0 Å². The lowest BCUT2D eigenvalue weighted by Gasteiger charge is -2.16. The van der Waals surface area contributed by atoms with Gasteiger partial charge in [0.15, 0.2) is 11.5 Å². The molecular weight excluding hydrogens is 426 g/mol. The first-order valence-electron chi connectivity index (χ1n) is 11.7. The van der Waals surface area contributed by atoms with E-state index in [0.29, 0.717) is 36.0 Å². The maximum atomic E-state index is 13.2. The van der Waals surface area contributed by atoms with Crippen molar-refractivity contribution in [3.63, 3.8) is 0 Å². The van der Waals surface area contributed by atoms with Gasteiger partial charge < -0.3 is 25.4 Å². The fourth-order valence-corrected chi connectivity index (χ4v) is 4.01. The molecule has 0 saturated carbocycles. The summed E-state index contributed by atoms with van der Waals surface area (Å²) >= 11 is 0. The molecule has 1 heterocycles. The third-order valence-electron chi connectivity index (χ3n) is 5.63. The van der Waals surface area contributed by atoms with Crippen molar-refractivity contribution in [2.24, 2.45) is 0 Å². The summed E-state index contributed by atoms with van der Waals surface area (Å²) in [5, 5.41) is 9.69. The van der Waals surface area contributed by atoms with Crippen LogP contribution in [0.5, 0.6) is 11.5 Å². The summed E-state index contributed by atoms with van der Waals surface area (Å²) in [6.45, 7) is 5.79. The van der Waals surface area contributed by atoms with Crippen LogP contribution in [0, 0.1) is 0 Å². The number of carbonyl (C=O) groups is 1. The second kappa shape index (κ2) is 10.9. The van der Waals surface area contributed by atoms with Crippen molar-refractivity contribution in [3.8, 4) is 11.5 Å². The summed E-state index contributed by atoms with van der Waals surface area (Å²) in [6, 6.07) is 21.9. The summed E-state index contributed by atoms with van der Waals surface area (Å²) < 4.78 is 11.6. The van der Waals surface area contributed by atoms with Crippen molar-refractivity contribution in [3.05, 3.63) is 83.4 Å². The molecule has 4 rings (SSSR count). The fourth-order valence-electron chi connectivity index (χ4n) is 4.01. The normalized spacial score (nSPS) is 13.8. The van der Waals surface area contributed by atoms with Gasteiger partial charge in [-0.3, -0.25) is 4.79 Å². The van der Waals surface area contributed by atoms with Gasteiger partial charge in [-0.1, -0.05) is 42.5 Å². The predicted octanol–water partition coefficient (Wildman–Crippen LogP) is 5.18. The van der Waals surface area contributed by atoms with E-state index in [1.54, 1.807) is 0 Å². The molecule has 0 atom stereocenters. The number of fused-ring (bicyclic) bond motifs is 1.